The lowest BCUT2D eigenvalue weighted by Gasteiger charge is -2.11. The van der Waals surface area contributed by atoms with E-state index >= 15 is 0 Å². The van der Waals surface area contributed by atoms with Crippen molar-refractivity contribution >= 4 is 31.4 Å². The fourth-order valence-corrected chi connectivity index (χ4v) is 4.54. The normalized spacial score (nSPS) is 11.7. The average molecular weight is 436 g/mol. The zero-order valence-electron chi connectivity index (χ0n) is 15.2. The molecule has 0 heterocycles. The molecular formula is C19H17FN2O5S2. The second-order valence-corrected chi connectivity index (χ2v) is 9.26. The first-order chi connectivity index (χ1) is 13.7. The number of sulfonamides is 2. The summed E-state index contributed by atoms with van der Waals surface area (Å²) in [5.41, 5.74) is -0.0116. The van der Waals surface area contributed by atoms with E-state index in [0.29, 0.717) is 5.75 Å². The SMILES string of the molecule is COc1ccc(S(=O)(=O)Nc2ccc(S(=O)(=O)Nc3ccccc3F)cc2)cc1. The number of anilines is 2. The van der Waals surface area contributed by atoms with Crippen molar-refractivity contribution in [3.63, 3.8) is 0 Å². The first-order valence-electron chi connectivity index (χ1n) is 8.25. The smallest absolute Gasteiger partial charge is 0.261 e. The Balaban J connectivity index is 1.78. The van der Waals surface area contributed by atoms with Crippen LogP contribution in [-0.4, -0.2) is 23.9 Å². The highest BCUT2D eigenvalue weighted by atomic mass is 32.2. The number of hydrogen-bond acceptors (Lipinski definition) is 5. The number of hydrogen-bond donors (Lipinski definition) is 2. The van der Waals surface area contributed by atoms with Gasteiger partial charge in [0.05, 0.1) is 22.6 Å². The van der Waals surface area contributed by atoms with Crippen LogP contribution in [0, 0.1) is 5.82 Å². The zero-order chi connectivity index (χ0) is 21.1. The minimum atomic E-state index is -4.04. The summed E-state index contributed by atoms with van der Waals surface area (Å²) < 4.78 is 72.9. The molecule has 0 spiro atoms. The molecule has 0 aliphatic heterocycles. The van der Waals surface area contributed by atoms with Crippen LogP contribution in [0.1, 0.15) is 0 Å². The average Bonchev–Trinajstić information content (AvgIpc) is 2.70. The van der Waals surface area contributed by atoms with Gasteiger partial charge in [0, 0.05) is 5.69 Å². The molecule has 0 aliphatic rings. The second kappa shape index (κ2) is 8.10. The van der Waals surface area contributed by atoms with Gasteiger partial charge < -0.3 is 4.74 Å². The van der Waals surface area contributed by atoms with E-state index in [2.05, 4.69) is 9.44 Å². The van der Waals surface area contributed by atoms with Crippen molar-refractivity contribution in [2.75, 3.05) is 16.6 Å². The Hall–Kier alpha value is -3.11. The van der Waals surface area contributed by atoms with E-state index in [1.54, 1.807) is 0 Å². The molecule has 3 aromatic rings. The van der Waals surface area contributed by atoms with E-state index in [-0.39, 0.29) is 21.2 Å². The molecular weight excluding hydrogens is 419 g/mol. The molecule has 10 heteroatoms. The van der Waals surface area contributed by atoms with E-state index in [9.17, 15) is 21.2 Å². The van der Waals surface area contributed by atoms with Gasteiger partial charge in [-0.2, -0.15) is 0 Å². The highest BCUT2D eigenvalue weighted by Gasteiger charge is 2.18. The van der Waals surface area contributed by atoms with Crippen LogP contribution in [0.25, 0.3) is 0 Å². The Morgan fingerprint density at radius 2 is 1.24 bits per heavy atom. The summed E-state index contributed by atoms with van der Waals surface area (Å²) in [7, 11) is -6.43. The Morgan fingerprint density at radius 1 is 0.724 bits per heavy atom. The molecule has 0 saturated heterocycles. The lowest BCUT2D eigenvalue weighted by atomic mass is 10.3. The lowest BCUT2D eigenvalue weighted by molar-refractivity contribution is 0.414. The third kappa shape index (κ3) is 4.84. The lowest BCUT2D eigenvalue weighted by Crippen LogP contribution is -2.15. The Kier molecular flexibility index (Phi) is 5.76. The highest BCUT2D eigenvalue weighted by Crippen LogP contribution is 2.22. The van der Waals surface area contributed by atoms with Crippen LogP contribution in [0.5, 0.6) is 5.75 Å². The molecule has 2 N–H and O–H groups in total. The summed E-state index contributed by atoms with van der Waals surface area (Å²) in [6, 6.07) is 16.2. The predicted molar refractivity (Wildman–Crippen MR) is 107 cm³/mol. The predicted octanol–water partition coefficient (Wildman–Crippen LogP) is 3.44. The fraction of sp³-hybridized carbons (Fsp3) is 0.0526. The number of halogens is 1. The number of ether oxygens (including phenoxy) is 1. The van der Waals surface area contributed by atoms with E-state index in [1.807, 2.05) is 0 Å². The topological polar surface area (TPSA) is 102 Å². The number of para-hydroxylation sites is 1. The van der Waals surface area contributed by atoms with Gasteiger partial charge in [0.15, 0.2) is 0 Å². The first kappa shape index (κ1) is 20.6. The monoisotopic (exact) mass is 436 g/mol. The molecule has 152 valence electrons. The molecule has 0 unspecified atom stereocenters. The first-order valence-corrected chi connectivity index (χ1v) is 11.2. The van der Waals surface area contributed by atoms with Gasteiger partial charge in [0.25, 0.3) is 20.0 Å². The van der Waals surface area contributed by atoms with E-state index in [4.69, 9.17) is 4.74 Å². The van der Waals surface area contributed by atoms with Crippen molar-refractivity contribution in [1.82, 2.24) is 0 Å². The Morgan fingerprint density at radius 3 is 1.79 bits per heavy atom. The van der Waals surface area contributed by atoms with Crippen LogP contribution < -0.4 is 14.2 Å². The van der Waals surface area contributed by atoms with Crippen molar-refractivity contribution in [2.24, 2.45) is 0 Å². The number of benzene rings is 3. The van der Waals surface area contributed by atoms with Gasteiger partial charge in [0.1, 0.15) is 11.6 Å². The number of nitrogens with one attached hydrogen (secondary N) is 2. The van der Waals surface area contributed by atoms with Crippen molar-refractivity contribution in [1.29, 1.82) is 0 Å². The summed E-state index contributed by atoms with van der Waals surface area (Å²) in [5.74, 6) is -0.194. The number of rotatable bonds is 7. The zero-order valence-corrected chi connectivity index (χ0v) is 16.8. The summed E-state index contributed by atoms with van der Waals surface area (Å²) in [6.45, 7) is 0. The van der Waals surface area contributed by atoms with Gasteiger partial charge in [-0.05, 0) is 60.7 Å². The maximum absolute atomic E-state index is 13.7. The maximum Gasteiger partial charge on any atom is 0.261 e. The van der Waals surface area contributed by atoms with Gasteiger partial charge in [0.2, 0.25) is 0 Å². The summed E-state index contributed by atoms with van der Waals surface area (Å²) in [6.07, 6.45) is 0. The van der Waals surface area contributed by atoms with Gasteiger partial charge in [-0.3, -0.25) is 9.44 Å². The molecule has 0 aromatic heterocycles. The van der Waals surface area contributed by atoms with Crippen LogP contribution in [-0.2, 0) is 20.0 Å². The number of methoxy groups -OCH3 is 1. The van der Waals surface area contributed by atoms with Crippen LogP contribution in [0.15, 0.2) is 82.6 Å². The van der Waals surface area contributed by atoms with Gasteiger partial charge in [-0.25, -0.2) is 21.2 Å². The second-order valence-electron chi connectivity index (χ2n) is 5.89. The van der Waals surface area contributed by atoms with E-state index in [1.165, 1.54) is 73.8 Å². The molecule has 0 fully saturated rings. The molecule has 0 bridgehead atoms. The largest absolute Gasteiger partial charge is 0.497 e. The van der Waals surface area contributed by atoms with Gasteiger partial charge >= 0.3 is 0 Å². The van der Waals surface area contributed by atoms with E-state index < -0.39 is 25.9 Å². The third-order valence-corrected chi connectivity index (χ3v) is 6.68. The van der Waals surface area contributed by atoms with Crippen LogP contribution in [0.3, 0.4) is 0 Å². The van der Waals surface area contributed by atoms with Crippen LogP contribution in [0.4, 0.5) is 15.8 Å². The van der Waals surface area contributed by atoms with Gasteiger partial charge in [-0.15, -0.1) is 0 Å². The maximum atomic E-state index is 13.7. The summed E-state index contributed by atoms with van der Waals surface area (Å²) in [5, 5.41) is 0. The van der Waals surface area contributed by atoms with E-state index in [0.717, 1.165) is 6.07 Å². The fourth-order valence-electron chi connectivity index (χ4n) is 2.42. The minimum Gasteiger partial charge on any atom is -0.497 e. The van der Waals surface area contributed by atoms with Crippen molar-refractivity contribution < 1.29 is 26.0 Å². The van der Waals surface area contributed by atoms with Crippen molar-refractivity contribution in [3.05, 3.63) is 78.6 Å². The molecule has 0 amide bonds. The molecule has 0 saturated carbocycles. The standard InChI is InChI=1S/C19H17FN2O5S2/c1-27-15-8-12-17(13-9-15)28(23,24)21-14-6-10-16(11-7-14)29(25,26)22-19-5-3-2-4-18(19)20/h2-13,21-22H,1H3. The molecule has 29 heavy (non-hydrogen) atoms. The summed E-state index contributed by atoms with van der Waals surface area (Å²) >= 11 is 0. The van der Waals surface area contributed by atoms with Crippen LogP contribution >= 0.6 is 0 Å². The molecule has 7 nitrogen and oxygen atoms in total. The molecule has 0 aliphatic carbocycles. The van der Waals surface area contributed by atoms with Gasteiger partial charge in [-0.1, -0.05) is 12.1 Å². The van der Waals surface area contributed by atoms with Crippen molar-refractivity contribution in [3.8, 4) is 5.75 Å². The highest BCUT2D eigenvalue weighted by molar-refractivity contribution is 7.93. The third-order valence-electron chi connectivity index (χ3n) is 3.90. The van der Waals surface area contributed by atoms with Crippen LogP contribution in [0.2, 0.25) is 0 Å². The quantitative estimate of drug-likeness (QED) is 0.591. The molecule has 3 rings (SSSR count). The molecule has 0 atom stereocenters. The Bertz CT molecular complexity index is 1210. The minimum absolute atomic E-state index is 0.0243. The summed E-state index contributed by atoms with van der Waals surface area (Å²) in [4.78, 5) is -0.121. The molecule has 3 aromatic carbocycles. The molecule has 0 radical (unpaired) electrons. The van der Waals surface area contributed by atoms with Crippen molar-refractivity contribution in [2.45, 2.75) is 9.79 Å². The Labute approximate surface area is 168 Å².